The molecule has 0 fully saturated rings. The van der Waals surface area contributed by atoms with Crippen molar-refractivity contribution in [1.29, 1.82) is 0 Å². The fourth-order valence-electron chi connectivity index (χ4n) is 1.35. The largest absolute Gasteiger partial charge is 0.407 e. The number of rotatable bonds is 6. The van der Waals surface area contributed by atoms with Crippen LogP contribution in [0.4, 0.5) is 6.01 Å². The average molecular weight is 236 g/mol. The van der Waals surface area contributed by atoms with Crippen LogP contribution in [0.15, 0.2) is 16.8 Å². The van der Waals surface area contributed by atoms with E-state index in [-0.39, 0.29) is 0 Å². The first-order chi connectivity index (χ1) is 8.29. The molecular formula is C10H16N6O. The Morgan fingerprint density at radius 3 is 2.94 bits per heavy atom. The van der Waals surface area contributed by atoms with E-state index < -0.39 is 0 Å². The minimum Gasteiger partial charge on any atom is -0.407 e. The number of aryl methyl sites for hydroxylation is 1. The molecule has 0 saturated heterocycles. The number of nitrogens with one attached hydrogen (secondary N) is 2. The van der Waals surface area contributed by atoms with E-state index in [1.165, 1.54) is 0 Å². The van der Waals surface area contributed by atoms with Crippen molar-refractivity contribution in [3.63, 3.8) is 0 Å². The second-order valence-electron chi connectivity index (χ2n) is 3.59. The zero-order chi connectivity index (χ0) is 12.1. The normalized spacial score (nSPS) is 10.7. The highest BCUT2D eigenvalue weighted by Gasteiger charge is 2.06. The Balaban J connectivity index is 1.87. The molecule has 0 spiro atoms. The van der Waals surface area contributed by atoms with Crippen LogP contribution in [0.2, 0.25) is 0 Å². The van der Waals surface area contributed by atoms with Gasteiger partial charge in [0.05, 0.1) is 13.1 Å². The lowest BCUT2D eigenvalue weighted by Gasteiger charge is -2.01. The van der Waals surface area contributed by atoms with Gasteiger partial charge in [-0.25, -0.2) is 4.98 Å². The van der Waals surface area contributed by atoms with Crippen molar-refractivity contribution in [3.8, 4) is 0 Å². The summed E-state index contributed by atoms with van der Waals surface area (Å²) in [6, 6.07) is 0.418. The number of hydrogen-bond acceptors (Lipinski definition) is 6. The molecule has 2 aromatic heterocycles. The van der Waals surface area contributed by atoms with Crippen LogP contribution in [0.1, 0.15) is 18.6 Å². The second-order valence-corrected chi connectivity index (χ2v) is 3.59. The highest BCUT2D eigenvalue weighted by Crippen LogP contribution is 2.06. The Labute approximate surface area is 99.3 Å². The van der Waals surface area contributed by atoms with Gasteiger partial charge in [-0.05, 0) is 6.54 Å². The van der Waals surface area contributed by atoms with Gasteiger partial charge in [0, 0.05) is 19.4 Å². The molecule has 0 atom stereocenters. The molecule has 2 N–H and O–H groups in total. The summed E-state index contributed by atoms with van der Waals surface area (Å²) in [5, 5.41) is 14.0. The number of aromatic nitrogens is 4. The van der Waals surface area contributed by atoms with Crippen LogP contribution in [0.25, 0.3) is 0 Å². The van der Waals surface area contributed by atoms with E-state index in [2.05, 4.69) is 25.8 Å². The molecule has 92 valence electrons. The van der Waals surface area contributed by atoms with Gasteiger partial charge in [-0.2, -0.15) is 0 Å². The third-order valence-corrected chi connectivity index (χ3v) is 2.31. The monoisotopic (exact) mass is 236 g/mol. The molecule has 0 saturated carbocycles. The van der Waals surface area contributed by atoms with Crippen molar-refractivity contribution in [2.24, 2.45) is 7.05 Å². The summed E-state index contributed by atoms with van der Waals surface area (Å²) in [5.74, 6) is 1.49. The molecule has 0 aliphatic heterocycles. The lowest BCUT2D eigenvalue weighted by atomic mass is 10.6. The maximum atomic E-state index is 5.39. The Hall–Kier alpha value is -1.89. The van der Waals surface area contributed by atoms with Gasteiger partial charge in [-0.1, -0.05) is 12.0 Å². The summed E-state index contributed by atoms with van der Waals surface area (Å²) >= 11 is 0. The minimum atomic E-state index is 0.418. The number of anilines is 1. The van der Waals surface area contributed by atoms with Crippen LogP contribution in [-0.4, -0.2) is 26.3 Å². The Bertz CT molecular complexity index is 463. The van der Waals surface area contributed by atoms with Crippen molar-refractivity contribution in [1.82, 2.24) is 25.1 Å². The predicted molar refractivity (Wildman–Crippen MR) is 62.2 cm³/mol. The van der Waals surface area contributed by atoms with E-state index in [1.54, 1.807) is 6.20 Å². The van der Waals surface area contributed by atoms with Crippen LogP contribution >= 0.6 is 0 Å². The van der Waals surface area contributed by atoms with Gasteiger partial charge in [-0.3, -0.25) is 0 Å². The SMILES string of the molecule is CCNCc1nnc(NCc2nccn2C)o1. The van der Waals surface area contributed by atoms with Crippen LogP contribution < -0.4 is 10.6 Å². The zero-order valence-electron chi connectivity index (χ0n) is 9.97. The lowest BCUT2D eigenvalue weighted by molar-refractivity contribution is 0.480. The molecule has 7 nitrogen and oxygen atoms in total. The van der Waals surface area contributed by atoms with Crippen molar-refractivity contribution in [2.75, 3.05) is 11.9 Å². The molecule has 0 aliphatic carbocycles. The van der Waals surface area contributed by atoms with Gasteiger partial charge in [0.2, 0.25) is 5.89 Å². The van der Waals surface area contributed by atoms with Crippen LogP contribution in [0.3, 0.4) is 0 Å². The molecular weight excluding hydrogens is 220 g/mol. The molecule has 0 unspecified atom stereocenters. The topological polar surface area (TPSA) is 80.8 Å². The first kappa shape index (κ1) is 11.6. The molecule has 0 bridgehead atoms. The van der Waals surface area contributed by atoms with Gasteiger partial charge in [0.15, 0.2) is 0 Å². The third kappa shape index (κ3) is 3.04. The molecule has 7 heteroatoms. The van der Waals surface area contributed by atoms with Gasteiger partial charge in [0.25, 0.3) is 0 Å². The van der Waals surface area contributed by atoms with E-state index in [0.29, 0.717) is 25.0 Å². The molecule has 17 heavy (non-hydrogen) atoms. The fourth-order valence-corrected chi connectivity index (χ4v) is 1.35. The van der Waals surface area contributed by atoms with Crippen molar-refractivity contribution < 1.29 is 4.42 Å². The molecule has 2 aromatic rings. The highest BCUT2D eigenvalue weighted by atomic mass is 16.4. The molecule has 0 aromatic carbocycles. The summed E-state index contributed by atoms with van der Waals surface area (Å²) < 4.78 is 7.32. The van der Waals surface area contributed by atoms with E-state index in [9.17, 15) is 0 Å². The van der Waals surface area contributed by atoms with E-state index >= 15 is 0 Å². The number of nitrogens with zero attached hydrogens (tertiary/aromatic N) is 4. The maximum absolute atomic E-state index is 5.39. The maximum Gasteiger partial charge on any atom is 0.315 e. The summed E-state index contributed by atoms with van der Waals surface area (Å²) in [7, 11) is 1.94. The smallest absolute Gasteiger partial charge is 0.315 e. The molecule has 2 rings (SSSR count). The van der Waals surface area contributed by atoms with Gasteiger partial charge in [-0.15, -0.1) is 5.10 Å². The summed E-state index contributed by atoms with van der Waals surface area (Å²) in [6.45, 7) is 4.05. The zero-order valence-corrected chi connectivity index (χ0v) is 9.97. The van der Waals surface area contributed by atoms with Gasteiger partial charge >= 0.3 is 6.01 Å². The quantitative estimate of drug-likeness (QED) is 0.761. The second kappa shape index (κ2) is 5.44. The predicted octanol–water partition coefficient (Wildman–Crippen LogP) is 0.525. The first-order valence-electron chi connectivity index (χ1n) is 5.52. The average Bonchev–Trinajstić information content (AvgIpc) is 2.93. The van der Waals surface area contributed by atoms with Crippen molar-refractivity contribution >= 4 is 6.01 Å². The van der Waals surface area contributed by atoms with Crippen molar-refractivity contribution in [3.05, 3.63) is 24.1 Å². The molecule has 2 heterocycles. The van der Waals surface area contributed by atoms with E-state index in [0.717, 1.165) is 12.4 Å². The highest BCUT2D eigenvalue weighted by molar-refractivity contribution is 5.17. The van der Waals surface area contributed by atoms with Crippen molar-refractivity contribution in [2.45, 2.75) is 20.0 Å². The summed E-state index contributed by atoms with van der Waals surface area (Å²) in [5.41, 5.74) is 0. The van der Waals surface area contributed by atoms with E-state index in [1.807, 2.05) is 24.7 Å². The minimum absolute atomic E-state index is 0.418. The first-order valence-corrected chi connectivity index (χ1v) is 5.52. The Morgan fingerprint density at radius 2 is 2.24 bits per heavy atom. The summed E-state index contributed by atoms with van der Waals surface area (Å²) in [6.07, 6.45) is 3.64. The van der Waals surface area contributed by atoms with Crippen LogP contribution in [0.5, 0.6) is 0 Å². The standard InChI is InChI=1S/C10H16N6O/c1-3-11-7-9-14-15-10(17-9)13-6-8-12-4-5-16(8)2/h4-5,11H,3,6-7H2,1-2H3,(H,13,15). The third-order valence-electron chi connectivity index (χ3n) is 2.31. The van der Waals surface area contributed by atoms with E-state index in [4.69, 9.17) is 4.42 Å². The van der Waals surface area contributed by atoms with Gasteiger partial charge < -0.3 is 19.6 Å². The van der Waals surface area contributed by atoms with Gasteiger partial charge in [0.1, 0.15) is 5.82 Å². The number of imidazole rings is 1. The summed E-state index contributed by atoms with van der Waals surface area (Å²) in [4.78, 5) is 4.19. The lowest BCUT2D eigenvalue weighted by Crippen LogP contribution is -2.11. The van der Waals surface area contributed by atoms with Crippen LogP contribution in [-0.2, 0) is 20.1 Å². The fraction of sp³-hybridized carbons (Fsp3) is 0.500. The Morgan fingerprint density at radius 1 is 1.35 bits per heavy atom. The molecule has 0 amide bonds. The molecule has 0 radical (unpaired) electrons. The van der Waals surface area contributed by atoms with Crippen LogP contribution in [0, 0.1) is 0 Å². The Kier molecular flexibility index (Phi) is 3.71. The number of hydrogen-bond donors (Lipinski definition) is 2. The molecule has 0 aliphatic rings.